The van der Waals surface area contributed by atoms with E-state index in [1.165, 1.54) is 24.3 Å². The fourth-order valence-corrected chi connectivity index (χ4v) is 4.52. The molecule has 1 spiro atoms. The quantitative estimate of drug-likeness (QED) is 0.737. The van der Waals surface area contributed by atoms with Gasteiger partial charge >= 0.3 is 0 Å². The molecule has 4 rings (SSSR count). The minimum atomic E-state index is -0.530. The van der Waals surface area contributed by atoms with Crippen LogP contribution in [0.3, 0.4) is 0 Å². The highest BCUT2D eigenvalue weighted by atomic mass is 19.1. The molecule has 2 aliphatic rings. The maximum Gasteiger partial charge on any atom is 0.247 e. The first kappa shape index (κ1) is 19.6. The number of amides is 1. The summed E-state index contributed by atoms with van der Waals surface area (Å²) in [4.78, 5) is 27.7. The first-order chi connectivity index (χ1) is 14.1. The normalized spacial score (nSPS) is 20.7. The van der Waals surface area contributed by atoms with Crippen LogP contribution in [0, 0.1) is 5.82 Å². The summed E-state index contributed by atoms with van der Waals surface area (Å²) in [6, 6.07) is 15.7. The molecule has 2 N–H and O–H groups in total. The second-order valence-electron chi connectivity index (χ2n) is 7.80. The van der Waals surface area contributed by atoms with Gasteiger partial charge in [-0.05, 0) is 75.2 Å². The van der Waals surface area contributed by atoms with Crippen LogP contribution >= 0.6 is 0 Å². The molecule has 0 radical (unpaired) electrons. The van der Waals surface area contributed by atoms with Gasteiger partial charge < -0.3 is 15.5 Å². The minimum absolute atomic E-state index is 0.00263. The summed E-state index contributed by atoms with van der Waals surface area (Å²) in [6.45, 7) is 1.62. The van der Waals surface area contributed by atoms with E-state index < -0.39 is 5.54 Å². The number of rotatable bonds is 6. The van der Waals surface area contributed by atoms with Crippen LogP contribution in [-0.2, 0) is 4.79 Å². The number of nitrogens with one attached hydrogen (secondary N) is 2. The van der Waals surface area contributed by atoms with Crippen LogP contribution in [0.1, 0.15) is 42.5 Å². The number of carbonyl (C=O) groups excluding carboxylic acids is 2. The van der Waals surface area contributed by atoms with Gasteiger partial charge in [0.25, 0.3) is 0 Å². The van der Waals surface area contributed by atoms with Gasteiger partial charge in [0, 0.05) is 17.7 Å². The van der Waals surface area contributed by atoms with Crippen LogP contribution in [0.5, 0.6) is 0 Å². The zero-order chi connectivity index (χ0) is 20.3. The second-order valence-corrected chi connectivity index (χ2v) is 7.80. The fraction of sp³-hybridized carbons (Fsp3) is 0.391. The molecule has 2 aromatic carbocycles. The van der Waals surface area contributed by atoms with Crippen molar-refractivity contribution in [3.8, 4) is 0 Å². The molecule has 2 aliphatic heterocycles. The van der Waals surface area contributed by atoms with Crippen LogP contribution in [0.4, 0.5) is 10.1 Å². The van der Waals surface area contributed by atoms with Gasteiger partial charge in [-0.2, -0.15) is 0 Å². The second kappa shape index (κ2) is 8.33. The number of benzene rings is 2. The highest BCUT2D eigenvalue weighted by molar-refractivity contribution is 5.96. The molecule has 2 aromatic rings. The van der Waals surface area contributed by atoms with Gasteiger partial charge in [0.05, 0.1) is 0 Å². The Hall–Kier alpha value is -2.73. The first-order valence-electron chi connectivity index (χ1n) is 10.2. The monoisotopic (exact) mass is 395 g/mol. The predicted octanol–water partition coefficient (Wildman–Crippen LogP) is 3.26. The van der Waals surface area contributed by atoms with Crippen molar-refractivity contribution < 1.29 is 14.0 Å². The lowest BCUT2D eigenvalue weighted by molar-refractivity contribution is -0.124. The largest absolute Gasteiger partial charge is 0.336 e. The molecule has 1 atom stereocenters. The fourth-order valence-electron chi connectivity index (χ4n) is 4.52. The Balaban J connectivity index is 1.47. The highest BCUT2D eigenvalue weighted by Gasteiger charge is 2.53. The van der Waals surface area contributed by atoms with E-state index in [-0.39, 0.29) is 23.7 Å². The number of para-hydroxylation sites is 1. The molecule has 1 unspecified atom stereocenters. The Morgan fingerprint density at radius 1 is 1.07 bits per heavy atom. The Morgan fingerprint density at radius 2 is 1.76 bits per heavy atom. The standard InChI is InChI=1S/C23H26FN3O2/c24-18-11-9-17(10-12-18)20(28)7-4-8-21-26-22(29)23(13-15-25-16-14-23)27(21)19-5-2-1-3-6-19/h1-3,5-6,9-12,21,25H,4,7-8,13-16H2,(H,26,29). The number of halogens is 1. The molecule has 0 aliphatic carbocycles. The maximum absolute atomic E-state index is 13.1. The molecule has 0 aromatic heterocycles. The predicted molar refractivity (Wildman–Crippen MR) is 110 cm³/mol. The number of anilines is 1. The van der Waals surface area contributed by atoms with Crippen molar-refractivity contribution in [3.63, 3.8) is 0 Å². The zero-order valence-electron chi connectivity index (χ0n) is 16.4. The van der Waals surface area contributed by atoms with E-state index in [2.05, 4.69) is 15.5 Å². The van der Waals surface area contributed by atoms with Crippen LogP contribution in [-0.4, -0.2) is 36.5 Å². The van der Waals surface area contributed by atoms with Crippen molar-refractivity contribution in [2.45, 2.75) is 43.8 Å². The molecule has 0 bridgehead atoms. The van der Waals surface area contributed by atoms with Gasteiger partial charge in [-0.15, -0.1) is 0 Å². The summed E-state index contributed by atoms with van der Waals surface area (Å²) in [5.74, 6) is -0.268. The van der Waals surface area contributed by atoms with Crippen molar-refractivity contribution in [3.05, 3.63) is 66.0 Å². The smallest absolute Gasteiger partial charge is 0.247 e. The van der Waals surface area contributed by atoms with E-state index >= 15 is 0 Å². The highest BCUT2D eigenvalue weighted by Crippen LogP contribution is 2.38. The average molecular weight is 395 g/mol. The third kappa shape index (κ3) is 3.90. The average Bonchev–Trinajstić information content (AvgIpc) is 3.00. The van der Waals surface area contributed by atoms with Crippen molar-refractivity contribution in [1.82, 2.24) is 10.6 Å². The van der Waals surface area contributed by atoms with E-state index in [0.29, 0.717) is 24.8 Å². The number of piperidine rings is 1. The van der Waals surface area contributed by atoms with Crippen LogP contribution in [0.2, 0.25) is 0 Å². The Bertz CT molecular complexity index is 863. The first-order valence-corrected chi connectivity index (χ1v) is 10.2. The van der Waals surface area contributed by atoms with Crippen molar-refractivity contribution >= 4 is 17.4 Å². The van der Waals surface area contributed by atoms with E-state index in [4.69, 9.17) is 0 Å². The third-order valence-electron chi connectivity index (χ3n) is 6.01. The van der Waals surface area contributed by atoms with Gasteiger partial charge in [-0.3, -0.25) is 9.59 Å². The molecule has 0 saturated carbocycles. The molecule has 2 heterocycles. The summed E-state index contributed by atoms with van der Waals surface area (Å²) in [7, 11) is 0. The van der Waals surface area contributed by atoms with E-state index in [1.54, 1.807) is 0 Å². The molecular formula is C23H26FN3O2. The molecular weight excluding hydrogens is 369 g/mol. The molecule has 6 heteroatoms. The van der Waals surface area contributed by atoms with Gasteiger partial charge in [-0.25, -0.2) is 4.39 Å². The molecule has 2 saturated heterocycles. The number of Topliss-reactive ketones (excluding diaryl/α,β-unsaturated/α-hetero) is 1. The number of hydrogen-bond acceptors (Lipinski definition) is 4. The van der Waals surface area contributed by atoms with Gasteiger partial charge in [0.15, 0.2) is 5.78 Å². The van der Waals surface area contributed by atoms with Crippen LogP contribution in [0.25, 0.3) is 0 Å². The lowest BCUT2D eigenvalue weighted by Gasteiger charge is -2.42. The molecule has 5 nitrogen and oxygen atoms in total. The van der Waals surface area contributed by atoms with Crippen molar-refractivity contribution in [2.24, 2.45) is 0 Å². The van der Waals surface area contributed by atoms with Crippen molar-refractivity contribution in [1.29, 1.82) is 0 Å². The lowest BCUT2D eigenvalue weighted by atomic mass is 9.86. The molecule has 2 fully saturated rings. The zero-order valence-corrected chi connectivity index (χ0v) is 16.4. The van der Waals surface area contributed by atoms with Crippen LogP contribution in [0.15, 0.2) is 54.6 Å². The van der Waals surface area contributed by atoms with Crippen molar-refractivity contribution in [2.75, 3.05) is 18.0 Å². The Morgan fingerprint density at radius 3 is 2.45 bits per heavy atom. The summed E-state index contributed by atoms with van der Waals surface area (Å²) in [5, 5.41) is 6.53. The summed E-state index contributed by atoms with van der Waals surface area (Å²) in [5.41, 5.74) is 1.03. The Labute approximate surface area is 170 Å². The summed E-state index contributed by atoms with van der Waals surface area (Å²) < 4.78 is 13.1. The number of ketones is 1. The van der Waals surface area contributed by atoms with Gasteiger partial charge in [-0.1, -0.05) is 18.2 Å². The van der Waals surface area contributed by atoms with Gasteiger partial charge in [0.1, 0.15) is 17.5 Å². The summed E-state index contributed by atoms with van der Waals surface area (Å²) in [6.07, 6.45) is 3.10. The Kier molecular flexibility index (Phi) is 5.62. The summed E-state index contributed by atoms with van der Waals surface area (Å²) >= 11 is 0. The number of nitrogens with zero attached hydrogens (tertiary/aromatic N) is 1. The topological polar surface area (TPSA) is 61.4 Å². The lowest BCUT2D eigenvalue weighted by Crippen LogP contribution is -2.56. The number of carbonyl (C=O) groups is 2. The molecule has 29 heavy (non-hydrogen) atoms. The van der Waals surface area contributed by atoms with E-state index in [9.17, 15) is 14.0 Å². The molecule has 152 valence electrons. The molecule has 1 amide bonds. The third-order valence-corrected chi connectivity index (χ3v) is 6.01. The van der Waals surface area contributed by atoms with E-state index in [1.807, 2.05) is 30.3 Å². The number of hydrogen-bond donors (Lipinski definition) is 2. The maximum atomic E-state index is 13.1. The van der Waals surface area contributed by atoms with Crippen LogP contribution < -0.4 is 15.5 Å². The van der Waals surface area contributed by atoms with Gasteiger partial charge in [0.2, 0.25) is 5.91 Å². The SMILES string of the molecule is O=C(CCCC1NC(=O)C2(CCNCC2)N1c1ccccc1)c1ccc(F)cc1. The van der Waals surface area contributed by atoms with E-state index in [0.717, 1.165) is 31.6 Å². The minimum Gasteiger partial charge on any atom is -0.336 e.